The predicted octanol–water partition coefficient (Wildman–Crippen LogP) is 0.759. The number of alkyl halides is 3. The number of hydrogen-bond donors (Lipinski definition) is 3. The Morgan fingerprint density at radius 2 is 1.44 bits per heavy atom. The van der Waals surface area contributed by atoms with Gasteiger partial charge in [-0.25, -0.2) is 4.79 Å². The molecule has 2 aliphatic heterocycles. The van der Waals surface area contributed by atoms with Gasteiger partial charge in [0.05, 0.1) is 0 Å². The van der Waals surface area contributed by atoms with Crippen molar-refractivity contribution in [2.24, 2.45) is 0 Å². The summed E-state index contributed by atoms with van der Waals surface area (Å²) in [6.45, 7) is 4.64. The van der Waals surface area contributed by atoms with E-state index in [4.69, 9.17) is 9.90 Å². The maximum atomic E-state index is 10.6. The minimum Gasteiger partial charge on any atom is -0.475 e. The highest BCUT2D eigenvalue weighted by atomic mass is 19.4. The lowest BCUT2D eigenvalue weighted by atomic mass is 10.3. The van der Waals surface area contributed by atoms with Gasteiger partial charge in [0.25, 0.3) is 0 Å². The Morgan fingerprint density at radius 3 is 1.50 bits per heavy atom. The Labute approximate surface area is 91.5 Å². The Balaban J connectivity index is 0.000000218. The standard InChI is InChI=1S/C4H7N.C3H7N.C2HF3O2/c1-2-4-5-3-1;1-2-4-3-1;3-2(4,5)1(6)7/h1-2,5H,3-4H2;4H,1-3H2;(H,6,7). The van der Waals surface area contributed by atoms with Gasteiger partial charge in [0.1, 0.15) is 0 Å². The largest absolute Gasteiger partial charge is 0.490 e. The highest BCUT2D eigenvalue weighted by molar-refractivity contribution is 5.73. The maximum Gasteiger partial charge on any atom is 0.490 e. The van der Waals surface area contributed by atoms with Crippen LogP contribution in [0.1, 0.15) is 6.42 Å². The Bertz CT molecular complexity index is 215. The zero-order valence-electron chi connectivity index (χ0n) is 8.68. The molecule has 0 aromatic heterocycles. The van der Waals surface area contributed by atoms with Gasteiger partial charge >= 0.3 is 12.1 Å². The summed E-state index contributed by atoms with van der Waals surface area (Å²) in [4.78, 5) is 8.90. The van der Waals surface area contributed by atoms with Crippen molar-refractivity contribution in [3.63, 3.8) is 0 Å². The molecule has 0 unspecified atom stereocenters. The number of carboxylic acids is 1. The molecule has 2 rings (SSSR count). The molecule has 3 N–H and O–H groups in total. The minimum atomic E-state index is -5.08. The number of hydrogen-bond acceptors (Lipinski definition) is 3. The quantitative estimate of drug-likeness (QED) is 0.547. The molecule has 0 atom stereocenters. The highest BCUT2D eigenvalue weighted by Crippen LogP contribution is 2.13. The first-order chi connectivity index (χ1) is 7.44. The van der Waals surface area contributed by atoms with Crippen molar-refractivity contribution >= 4 is 5.97 Å². The summed E-state index contributed by atoms with van der Waals surface area (Å²) >= 11 is 0. The summed E-state index contributed by atoms with van der Waals surface area (Å²) in [7, 11) is 0. The fourth-order valence-corrected chi connectivity index (χ4v) is 0.593. The average Bonchev–Trinajstić information content (AvgIpc) is 2.54. The van der Waals surface area contributed by atoms with Crippen LogP contribution in [0.15, 0.2) is 12.2 Å². The van der Waals surface area contributed by atoms with Crippen LogP contribution < -0.4 is 10.6 Å². The van der Waals surface area contributed by atoms with Gasteiger partial charge < -0.3 is 15.7 Å². The van der Waals surface area contributed by atoms with Crippen molar-refractivity contribution in [3.05, 3.63) is 12.2 Å². The summed E-state index contributed by atoms with van der Waals surface area (Å²) in [5.74, 6) is -2.76. The summed E-state index contributed by atoms with van der Waals surface area (Å²) in [5.41, 5.74) is 0. The van der Waals surface area contributed by atoms with Crippen molar-refractivity contribution in [3.8, 4) is 0 Å². The molecule has 0 aromatic rings. The number of aliphatic carboxylic acids is 1. The lowest BCUT2D eigenvalue weighted by Crippen LogP contribution is -2.29. The van der Waals surface area contributed by atoms with E-state index >= 15 is 0 Å². The van der Waals surface area contributed by atoms with Gasteiger partial charge in [0, 0.05) is 13.1 Å². The van der Waals surface area contributed by atoms with Gasteiger partial charge in [-0.15, -0.1) is 0 Å². The molecule has 0 bridgehead atoms. The van der Waals surface area contributed by atoms with E-state index < -0.39 is 12.1 Å². The normalized spacial score (nSPS) is 17.4. The van der Waals surface area contributed by atoms with E-state index in [1.165, 1.54) is 19.5 Å². The molecule has 2 heterocycles. The Kier molecular flexibility index (Phi) is 7.57. The summed E-state index contributed by atoms with van der Waals surface area (Å²) < 4.78 is 31.7. The van der Waals surface area contributed by atoms with Crippen molar-refractivity contribution in [2.45, 2.75) is 12.6 Å². The van der Waals surface area contributed by atoms with Crippen LogP contribution in [0.5, 0.6) is 0 Å². The summed E-state index contributed by atoms with van der Waals surface area (Å²) in [6.07, 6.45) is 0.556. The van der Waals surface area contributed by atoms with Crippen LogP contribution in [0.2, 0.25) is 0 Å². The van der Waals surface area contributed by atoms with E-state index in [1.807, 2.05) is 0 Å². The van der Waals surface area contributed by atoms with Crippen LogP contribution in [0.3, 0.4) is 0 Å². The molecule has 1 fully saturated rings. The van der Waals surface area contributed by atoms with E-state index in [0.717, 1.165) is 13.1 Å². The molecule has 7 heteroatoms. The average molecular weight is 240 g/mol. The smallest absolute Gasteiger partial charge is 0.475 e. The Morgan fingerprint density at radius 1 is 1.12 bits per heavy atom. The molecule has 16 heavy (non-hydrogen) atoms. The second-order valence-corrected chi connectivity index (χ2v) is 3.04. The molecule has 0 radical (unpaired) electrons. The minimum absolute atomic E-state index is 1.07. The lowest BCUT2D eigenvalue weighted by molar-refractivity contribution is -0.192. The summed E-state index contributed by atoms with van der Waals surface area (Å²) in [6, 6.07) is 0. The van der Waals surface area contributed by atoms with E-state index in [2.05, 4.69) is 22.8 Å². The molecule has 0 aliphatic carbocycles. The van der Waals surface area contributed by atoms with E-state index in [1.54, 1.807) is 0 Å². The molecule has 0 aromatic carbocycles. The van der Waals surface area contributed by atoms with Crippen molar-refractivity contribution in [1.82, 2.24) is 10.6 Å². The predicted molar refractivity (Wildman–Crippen MR) is 53.2 cm³/mol. The molecule has 0 saturated carbocycles. The number of carbonyl (C=O) groups is 1. The Hall–Kier alpha value is -1.08. The third kappa shape index (κ3) is 9.47. The maximum absolute atomic E-state index is 10.6. The van der Waals surface area contributed by atoms with Crippen LogP contribution in [0.4, 0.5) is 13.2 Å². The third-order valence-electron chi connectivity index (χ3n) is 1.64. The van der Waals surface area contributed by atoms with E-state index in [0.29, 0.717) is 0 Å². The molecule has 1 saturated heterocycles. The highest BCUT2D eigenvalue weighted by Gasteiger charge is 2.38. The second-order valence-electron chi connectivity index (χ2n) is 3.04. The van der Waals surface area contributed by atoms with Crippen LogP contribution >= 0.6 is 0 Å². The van der Waals surface area contributed by atoms with Crippen LogP contribution in [-0.4, -0.2) is 43.4 Å². The fourth-order valence-electron chi connectivity index (χ4n) is 0.593. The molecular weight excluding hydrogens is 225 g/mol. The monoisotopic (exact) mass is 240 g/mol. The lowest BCUT2D eigenvalue weighted by Gasteiger charge is -2.09. The topological polar surface area (TPSA) is 61.4 Å². The van der Waals surface area contributed by atoms with Crippen molar-refractivity contribution in [2.75, 3.05) is 26.2 Å². The molecule has 94 valence electrons. The van der Waals surface area contributed by atoms with Gasteiger partial charge in [0.15, 0.2) is 0 Å². The molecule has 4 nitrogen and oxygen atoms in total. The van der Waals surface area contributed by atoms with Gasteiger partial charge in [-0.2, -0.15) is 13.2 Å². The van der Waals surface area contributed by atoms with Gasteiger partial charge in [-0.1, -0.05) is 12.2 Å². The zero-order chi connectivity index (χ0) is 12.4. The van der Waals surface area contributed by atoms with Crippen molar-refractivity contribution in [1.29, 1.82) is 0 Å². The first kappa shape index (κ1) is 14.9. The molecule has 2 aliphatic rings. The van der Waals surface area contributed by atoms with Gasteiger partial charge in [-0.05, 0) is 19.5 Å². The number of halogens is 3. The first-order valence-electron chi connectivity index (χ1n) is 4.81. The molecular formula is C9H15F3N2O2. The number of nitrogens with one attached hydrogen (secondary N) is 2. The van der Waals surface area contributed by atoms with Gasteiger partial charge in [-0.3, -0.25) is 0 Å². The fraction of sp³-hybridized carbons (Fsp3) is 0.667. The SMILES string of the molecule is C1=CCNC1.C1CNC1.O=C(O)C(F)(F)F. The molecule has 0 spiro atoms. The van der Waals surface area contributed by atoms with Crippen molar-refractivity contribution < 1.29 is 23.1 Å². The van der Waals surface area contributed by atoms with Crippen LogP contribution in [-0.2, 0) is 4.79 Å². The third-order valence-corrected chi connectivity index (χ3v) is 1.64. The molecule has 0 amide bonds. The van der Waals surface area contributed by atoms with Gasteiger partial charge in [0.2, 0.25) is 0 Å². The number of rotatable bonds is 0. The first-order valence-corrected chi connectivity index (χ1v) is 4.81. The second kappa shape index (κ2) is 8.12. The van der Waals surface area contributed by atoms with E-state index in [-0.39, 0.29) is 0 Å². The summed E-state index contributed by atoms with van der Waals surface area (Å²) in [5, 5.41) is 13.3. The zero-order valence-corrected chi connectivity index (χ0v) is 8.68. The number of carboxylic acid groups (broad SMARTS) is 1. The van der Waals surface area contributed by atoms with Crippen LogP contribution in [0.25, 0.3) is 0 Å². The van der Waals surface area contributed by atoms with Crippen LogP contribution in [0, 0.1) is 0 Å². The van der Waals surface area contributed by atoms with E-state index in [9.17, 15) is 13.2 Å².